The first-order valence-electron chi connectivity index (χ1n) is 7.73. The van der Waals surface area contributed by atoms with Gasteiger partial charge in [0.05, 0.1) is 12.7 Å². The van der Waals surface area contributed by atoms with Gasteiger partial charge in [-0.3, -0.25) is 4.90 Å². The molecule has 0 bridgehead atoms. The topological polar surface area (TPSA) is 38.5 Å². The van der Waals surface area contributed by atoms with E-state index in [9.17, 15) is 0 Å². The lowest BCUT2D eigenvalue weighted by molar-refractivity contribution is -0.0569. The highest BCUT2D eigenvalue weighted by Gasteiger charge is 2.35. The second-order valence-electron chi connectivity index (χ2n) is 6.44. The number of morpholine rings is 1. The van der Waals surface area contributed by atoms with Crippen LogP contribution in [0.4, 0.5) is 0 Å². The maximum atomic E-state index is 6.38. The highest BCUT2D eigenvalue weighted by molar-refractivity contribution is 4.91. The van der Waals surface area contributed by atoms with Crippen LogP contribution >= 0.6 is 0 Å². The fourth-order valence-electron chi connectivity index (χ4n) is 3.52. The second kappa shape index (κ2) is 6.36. The van der Waals surface area contributed by atoms with Gasteiger partial charge in [-0.2, -0.15) is 0 Å². The standard InChI is InChI=1S/C15H30N2O/c1-4-13-10-17(7-8-18-13)15-9-12(11(2)3)5-6-14(15)16/h11-15H,4-10,16H2,1-3H3. The van der Waals surface area contributed by atoms with Crippen molar-refractivity contribution >= 4 is 0 Å². The Morgan fingerprint density at radius 3 is 2.78 bits per heavy atom. The Morgan fingerprint density at radius 1 is 1.33 bits per heavy atom. The number of nitrogens with two attached hydrogens (primary N) is 1. The first-order valence-corrected chi connectivity index (χ1v) is 7.73. The summed E-state index contributed by atoms with van der Waals surface area (Å²) in [7, 11) is 0. The molecule has 1 heterocycles. The van der Waals surface area contributed by atoms with Gasteiger partial charge in [-0.05, 0) is 37.5 Å². The molecule has 1 aliphatic heterocycles. The van der Waals surface area contributed by atoms with Crippen LogP contribution in [0.3, 0.4) is 0 Å². The van der Waals surface area contributed by atoms with E-state index in [0.29, 0.717) is 18.2 Å². The zero-order valence-corrected chi connectivity index (χ0v) is 12.3. The van der Waals surface area contributed by atoms with Crippen LogP contribution in [0.5, 0.6) is 0 Å². The summed E-state index contributed by atoms with van der Waals surface area (Å²) in [6.07, 6.45) is 5.34. The Bertz CT molecular complexity index is 257. The van der Waals surface area contributed by atoms with Gasteiger partial charge in [-0.1, -0.05) is 20.8 Å². The van der Waals surface area contributed by atoms with E-state index >= 15 is 0 Å². The van der Waals surface area contributed by atoms with Crippen LogP contribution in [0, 0.1) is 11.8 Å². The largest absolute Gasteiger partial charge is 0.376 e. The van der Waals surface area contributed by atoms with E-state index in [1.54, 1.807) is 0 Å². The Morgan fingerprint density at radius 2 is 2.11 bits per heavy atom. The number of hydrogen-bond acceptors (Lipinski definition) is 3. The van der Waals surface area contributed by atoms with Crippen LogP contribution in [0.15, 0.2) is 0 Å². The van der Waals surface area contributed by atoms with E-state index in [4.69, 9.17) is 10.5 Å². The fraction of sp³-hybridized carbons (Fsp3) is 1.00. The molecule has 1 saturated heterocycles. The third kappa shape index (κ3) is 3.25. The van der Waals surface area contributed by atoms with Crippen molar-refractivity contribution in [2.24, 2.45) is 17.6 Å². The Kier molecular flexibility index (Phi) is 5.05. The van der Waals surface area contributed by atoms with Gasteiger partial charge in [0.15, 0.2) is 0 Å². The summed E-state index contributed by atoms with van der Waals surface area (Å²) < 4.78 is 5.78. The first-order chi connectivity index (χ1) is 8.61. The lowest BCUT2D eigenvalue weighted by Crippen LogP contribution is -2.56. The van der Waals surface area contributed by atoms with Crippen molar-refractivity contribution in [2.75, 3.05) is 19.7 Å². The van der Waals surface area contributed by atoms with Gasteiger partial charge < -0.3 is 10.5 Å². The Hall–Kier alpha value is -0.120. The molecule has 0 amide bonds. The zero-order valence-electron chi connectivity index (χ0n) is 12.3. The van der Waals surface area contributed by atoms with E-state index in [1.807, 2.05) is 0 Å². The van der Waals surface area contributed by atoms with Crippen molar-refractivity contribution in [3.05, 3.63) is 0 Å². The molecule has 3 heteroatoms. The van der Waals surface area contributed by atoms with Crippen LogP contribution in [-0.4, -0.2) is 42.8 Å². The third-order valence-electron chi connectivity index (χ3n) is 4.95. The number of ether oxygens (including phenoxy) is 1. The minimum Gasteiger partial charge on any atom is -0.376 e. The van der Waals surface area contributed by atoms with E-state index < -0.39 is 0 Å². The molecule has 1 aliphatic carbocycles. The monoisotopic (exact) mass is 254 g/mol. The zero-order chi connectivity index (χ0) is 13.1. The summed E-state index contributed by atoms with van der Waals surface area (Å²) in [5, 5.41) is 0. The van der Waals surface area contributed by atoms with Crippen LogP contribution in [0.25, 0.3) is 0 Å². The maximum absolute atomic E-state index is 6.38. The van der Waals surface area contributed by atoms with E-state index in [2.05, 4.69) is 25.7 Å². The molecule has 2 rings (SSSR count). The highest BCUT2D eigenvalue weighted by atomic mass is 16.5. The Labute approximate surface area is 112 Å². The Balaban J connectivity index is 1.96. The molecule has 2 N–H and O–H groups in total. The molecule has 0 spiro atoms. The van der Waals surface area contributed by atoms with Gasteiger partial charge in [-0.25, -0.2) is 0 Å². The molecule has 1 saturated carbocycles. The van der Waals surface area contributed by atoms with Crippen molar-refractivity contribution in [3.63, 3.8) is 0 Å². The van der Waals surface area contributed by atoms with Crippen molar-refractivity contribution in [3.8, 4) is 0 Å². The molecule has 0 aromatic carbocycles. The van der Waals surface area contributed by atoms with Gasteiger partial charge in [0, 0.05) is 25.2 Å². The lowest BCUT2D eigenvalue weighted by atomic mass is 9.76. The molecular weight excluding hydrogens is 224 g/mol. The molecule has 2 fully saturated rings. The van der Waals surface area contributed by atoms with Crippen LogP contribution in [0.2, 0.25) is 0 Å². The highest BCUT2D eigenvalue weighted by Crippen LogP contribution is 2.32. The van der Waals surface area contributed by atoms with Crippen molar-refractivity contribution < 1.29 is 4.74 Å². The molecule has 0 aromatic rings. The van der Waals surface area contributed by atoms with Gasteiger partial charge in [0.2, 0.25) is 0 Å². The lowest BCUT2D eigenvalue weighted by Gasteiger charge is -2.45. The quantitative estimate of drug-likeness (QED) is 0.839. The summed E-state index contributed by atoms with van der Waals surface area (Å²) in [6, 6.07) is 0.958. The minimum atomic E-state index is 0.371. The average molecular weight is 254 g/mol. The molecular formula is C15H30N2O. The van der Waals surface area contributed by atoms with Gasteiger partial charge >= 0.3 is 0 Å². The van der Waals surface area contributed by atoms with Gasteiger partial charge in [-0.15, -0.1) is 0 Å². The molecule has 4 atom stereocenters. The first kappa shape index (κ1) is 14.3. The summed E-state index contributed by atoms with van der Waals surface area (Å²) in [4.78, 5) is 2.61. The summed E-state index contributed by atoms with van der Waals surface area (Å²) in [5.74, 6) is 1.65. The third-order valence-corrected chi connectivity index (χ3v) is 4.95. The normalized spacial score (nSPS) is 39.2. The number of hydrogen-bond donors (Lipinski definition) is 1. The summed E-state index contributed by atoms with van der Waals surface area (Å²) in [6.45, 7) is 9.96. The number of nitrogens with zero attached hydrogens (tertiary/aromatic N) is 1. The summed E-state index contributed by atoms with van der Waals surface area (Å²) >= 11 is 0. The SMILES string of the molecule is CCC1CN(C2CC(C(C)C)CCC2N)CCO1. The number of rotatable bonds is 3. The second-order valence-corrected chi connectivity index (χ2v) is 6.44. The van der Waals surface area contributed by atoms with E-state index in [1.165, 1.54) is 19.3 Å². The molecule has 4 unspecified atom stereocenters. The van der Waals surface area contributed by atoms with Crippen molar-refractivity contribution in [2.45, 2.75) is 64.6 Å². The molecule has 3 nitrogen and oxygen atoms in total. The van der Waals surface area contributed by atoms with E-state index in [-0.39, 0.29) is 0 Å². The van der Waals surface area contributed by atoms with Crippen LogP contribution in [-0.2, 0) is 4.74 Å². The average Bonchev–Trinajstić information content (AvgIpc) is 2.39. The molecule has 106 valence electrons. The maximum Gasteiger partial charge on any atom is 0.0700 e. The van der Waals surface area contributed by atoms with Crippen molar-refractivity contribution in [1.82, 2.24) is 4.90 Å². The molecule has 18 heavy (non-hydrogen) atoms. The summed E-state index contributed by atoms with van der Waals surface area (Å²) in [5.41, 5.74) is 6.38. The minimum absolute atomic E-state index is 0.371. The predicted octanol–water partition coefficient (Wildman–Crippen LogP) is 2.25. The fourth-order valence-corrected chi connectivity index (χ4v) is 3.52. The molecule has 2 aliphatic rings. The van der Waals surface area contributed by atoms with Crippen LogP contribution < -0.4 is 5.73 Å². The van der Waals surface area contributed by atoms with Crippen molar-refractivity contribution in [1.29, 1.82) is 0 Å². The predicted molar refractivity (Wildman–Crippen MR) is 75.5 cm³/mol. The van der Waals surface area contributed by atoms with Crippen LogP contribution in [0.1, 0.15) is 46.5 Å². The molecule has 0 aromatic heterocycles. The van der Waals surface area contributed by atoms with Gasteiger partial charge in [0.1, 0.15) is 0 Å². The van der Waals surface area contributed by atoms with Gasteiger partial charge in [0.25, 0.3) is 0 Å². The van der Waals surface area contributed by atoms with E-state index in [0.717, 1.165) is 38.0 Å². The molecule has 0 radical (unpaired) electrons. The smallest absolute Gasteiger partial charge is 0.0700 e.